The highest BCUT2D eigenvalue weighted by atomic mass is 32.1. The molecule has 0 aliphatic heterocycles. The van der Waals surface area contributed by atoms with Crippen molar-refractivity contribution in [3.05, 3.63) is 23.1 Å². The van der Waals surface area contributed by atoms with E-state index in [0.29, 0.717) is 16.6 Å². The van der Waals surface area contributed by atoms with Crippen LogP contribution < -0.4 is 10.5 Å². The van der Waals surface area contributed by atoms with Crippen LogP contribution in [0.3, 0.4) is 0 Å². The van der Waals surface area contributed by atoms with Crippen LogP contribution >= 0.6 is 11.3 Å². The van der Waals surface area contributed by atoms with Gasteiger partial charge in [0.15, 0.2) is 0 Å². The van der Waals surface area contributed by atoms with E-state index in [1.165, 1.54) is 11.3 Å². The molecule has 1 fully saturated rings. The third-order valence-corrected chi connectivity index (χ3v) is 4.88. The molecule has 1 heterocycles. The number of fused-ring (bicyclic) bond motifs is 1. The standard InChI is InChI=1S/C15H18N2O2S/c1-3-17(9-4-5-9)15(18)14-13(16)11-7-6-10(19-2)8-12(11)20-14/h6-9H,3-5,16H2,1-2H3. The Morgan fingerprint density at radius 3 is 2.85 bits per heavy atom. The zero-order valence-electron chi connectivity index (χ0n) is 11.7. The number of ether oxygens (including phenoxy) is 1. The van der Waals surface area contributed by atoms with E-state index >= 15 is 0 Å². The van der Waals surface area contributed by atoms with E-state index in [1.807, 2.05) is 30.0 Å². The Morgan fingerprint density at radius 1 is 1.50 bits per heavy atom. The molecule has 0 spiro atoms. The predicted molar refractivity (Wildman–Crippen MR) is 82.5 cm³/mol. The normalized spacial score (nSPS) is 14.5. The Balaban J connectivity index is 2.02. The molecule has 2 N–H and O–H groups in total. The highest BCUT2D eigenvalue weighted by molar-refractivity contribution is 7.21. The molecule has 1 saturated carbocycles. The molecule has 1 aromatic carbocycles. The minimum absolute atomic E-state index is 0.0627. The Labute approximate surface area is 122 Å². The predicted octanol–water partition coefficient (Wildman–Crippen LogP) is 3.12. The van der Waals surface area contributed by atoms with Crippen LogP contribution in [0.25, 0.3) is 10.1 Å². The van der Waals surface area contributed by atoms with Crippen LogP contribution in [0.5, 0.6) is 5.75 Å². The van der Waals surface area contributed by atoms with Gasteiger partial charge in [0.25, 0.3) is 5.91 Å². The van der Waals surface area contributed by atoms with Gasteiger partial charge in [-0.15, -0.1) is 11.3 Å². The summed E-state index contributed by atoms with van der Waals surface area (Å²) < 4.78 is 6.22. The first-order chi connectivity index (χ1) is 9.65. The summed E-state index contributed by atoms with van der Waals surface area (Å²) in [5.41, 5.74) is 6.76. The Hall–Kier alpha value is -1.75. The summed E-state index contributed by atoms with van der Waals surface area (Å²) in [6.07, 6.45) is 2.22. The van der Waals surface area contributed by atoms with E-state index in [1.54, 1.807) is 7.11 Å². The first-order valence-electron chi connectivity index (χ1n) is 6.82. The molecule has 2 aromatic rings. The van der Waals surface area contributed by atoms with Gasteiger partial charge in [-0.3, -0.25) is 4.79 Å². The number of amides is 1. The van der Waals surface area contributed by atoms with Gasteiger partial charge in [-0.25, -0.2) is 0 Å². The van der Waals surface area contributed by atoms with Crippen molar-refractivity contribution >= 4 is 33.0 Å². The van der Waals surface area contributed by atoms with Gasteiger partial charge >= 0.3 is 0 Å². The molecule has 1 aromatic heterocycles. The van der Waals surface area contributed by atoms with E-state index < -0.39 is 0 Å². The summed E-state index contributed by atoms with van der Waals surface area (Å²) >= 11 is 1.45. The lowest BCUT2D eigenvalue weighted by Gasteiger charge is -2.19. The van der Waals surface area contributed by atoms with Crippen molar-refractivity contribution in [2.45, 2.75) is 25.8 Å². The molecule has 1 aliphatic rings. The molecule has 106 valence electrons. The van der Waals surface area contributed by atoms with Crippen molar-refractivity contribution in [3.63, 3.8) is 0 Å². The number of nitrogens with two attached hydrogens (primary N) is 1. The molecule has 0 atom stereocenters. The van der Waals surface area contributed by atoms with Crippen LogP contribution in [-0.4, -0.2) is 30.5 Å². The molecule has 4 nitrogen and oxygen atoms in total. The average molecular weight is 290 g/mol. The number of nitrogens with zero attached hydrogens (tertiary/aromatic N) is 1. The number of rotatable bonds is 4. The molecule has 0 unspecified atom stereocenters. The summed E-state index contributed by atoms with van der Waals surface area (Å²) in [5.74, 6) is 0.847. The SMILES string of the molecule is CCN(C(=O)c1sc2cc(OC)ccc2c1N)C1CC1. The maximum atomic E-state index is 12.6. The van der Waals surface area contributed by atoms with Crippen molar-refractivity contribution in [1.29, 1.82) is 0 Å². The van der Waals surface area contributed by atoms with E-state index in [-0.39, 0.29) is 5.91 Å². The second-order valence-corrected chi connectivity index (χ2v) is 6.08. The topological polar surface area (TPSA) is 55.6 Å². The molecular formula is C15H18N2O2S. The lowest BCUT2D eigenvalue weighted by molar-refractivity contribution is 0.0758. The maximum Gasteiger partial charge on any atom is 0.266 e. The van der Waals surface area contributed by atoms with E-state index in [0.717, 1.165) is 35.2 Å². The van der Waals surface area contributed by atoms with Crippen LogP contribution in [0, 0.1) is 0 Å². The molecule has 1 amide bonds. The molecular weight excluding hydrogens is 272 g/mol. The van der Waals surface area contributed by atoms with E-state index in [9.17, 15) is 4.79 Å². The van der Waals surface area contributed by atoms with Crippen molar-refractivity contribution in [2.24, 2.45) is 0 Å². The lowest BCUT2D eigenvalue weighted by atomic mass is 10.2. The third-order valence-electron chi connectivity index (χ3n) is 3.72. The fourth-order valence-electron chi connectivity index (χ4n) is 2.47. The summed E-state index contributed by atoms with van der Waals surface area (Å²) in [5, 5.41) is 0.936. The number of hydrogen-bond donors (Lipinski definition) is 1. The monoisotopic (exact) mass is 290 g/mol. The van der Waals surface area contributed by atoms with Crippen LogP contribution in [0.4, 0.5) is 5.69 Å². The summed E-state index contributed by atoms with van der Waals surface area (Å²) in [4.78, 5) is 15.2. The second-order valence-electron chi connectivity index (χ2n) is 5.03. The average Bonchev–Trinajstić information content (AvgIpc) is 3.24. The minimum atomic E-state index is 0.0627. The largest absolute Gasteiger partial charge is 0.497 e. The summed E-state index contributed by atoms with van der Waals surface area (Å²) in [6.45, 7) is 2.75. The smallest absolute Gasteiger partial charge is 0.266 e. The first kappa shape index (κ1) is 13.2. The van der Waals surface area contributed by atoms with Crippen LogP contribution in [-0.2, 0) is 0 Å². The third kappa shape index (κ3) is 2.12. The van der Waals surface area contributed by atoms with Crippen molar-refractivity contribution in [2.75, 3.05) is 19.4 Å². The Kier molecular flexibility index (Phi) is 3.30. The minimum Gasteiger partial charge on any atom is -0.497 e. The van der Waals surface area contributed by atoms with E-state index in [2.05, 4.69) is 0 Å². The van der Waals surface area contributed by atoms with Crippen LogP contribution in [0.2, 0.25) is 0 Å². The number of nitrogen functional groups attached to an aromatic ring is 1. The zero-order valence-corrected chi connectivity index (χ0v) is 12.5. The van der Waals surface area contributed by atoms with Gasteiger partial charge in [0.1, 0.15) is 10.6 Å². The molecule has 0 radical (unpaired) electrons. The number of carbonyl (C=O) groups is 1. The van der Waals surface area contributed by atoms with Gasteiger partial charge in [0, 0.05) is 22.7 Å². The second kappa shape index (κ2) is 4.98. The highest BCUT2D eigenvalue weighted by Gasteiger charge is 2.33. The fraction of sp³-hybridized carbons (Fsp3) is 0.400. The molecule has 3 rings (SSSR count). The molecule has 5 heteroatoms. The van der Waals surface area contributed by atoms with Gasteiger partial charge in [0.05, 0.1) is 12.8 Å². The highest BCUT2D eigenvalue weighted by Crippen LogP contribution is 2.38. The number of hydrogen-bond acceptors (Lipinski definition) is 4. The summed E-state index contributed by atoms with van der Waals surface area (Å²) in [7, 11) is 1.64. The van der Waals surface area contributed by atoms with Gasteiger partial charge in [-0.2, -0.15) is 0 Å². The van der Waals surface area contributed by atoms with Crippen LogP contribution in [0.1, 0.15) is 29.4 Å². The first-order valence-corrected chi connectivity index (χ1v) is 7.64. The van der Waals surface area contributed by atoms with Crippen molar-refractivity contribution in [1.82, 2.24) is 4.90 Å². The van der Waals surface area contributed by atoms with Crippen LogP contribution in [0.15, 0.2) is 18.2 Å². The van der Waals surface area contributed by atoms with E-state index in [4.69, 9.17) is 10.5 Å². The van der Waals surface area contributed by atoms with Crippen molar-refractivity contribution < 1.29 is 9.53 Å². The van der Waals surface area contributed by atoms with Crippen molar-refractivity contribution in [3.8, 4) is 5.75 Å². The molecule has 0 saturated heterocycles. The fourth-order valence-corrected chi connectivity index (χ4v) is 3.57. The lowest BCUT2D eigenvalue weighted by Crippen LogP contribution is -2.32. The van der Waals surface area contributed by atoms with Gasteiger partial charge in [-0.1, -0.05) is 0 Å². The zero-order chi connectivity index (χ0) is 14.3. The maximum absolute atomic E-state index is 12.6. The number of methoxy groups -OCH3 is 1. The Bertz CT molecular complexity index is 661. The number of thiophene rings is 1. The van der Waals surface area contributed by atoms with Gasteiger partial charge in [-0.05, 0) is 38.0 Å². The summed E-state index contributed by atoms with van der Waals surface area (Å²) in [6, 6.07) is 6.13. The molecule has 0 bridgehead atoms. The number of benzene rings is 1. The molecule has 1 aliphatic carbocycles. The Morgan fingerprint density at radius 2 is 2.25 bits per heavy atom. The van der Waals surface area contributed by atoms with Gasteiger partial charge in [0.2, 0.25) is 0 Å². The quantitative estimate of drug-likeness (QED) is 0.941. The molecule has 20 heavy (non-hydrogen) atoms. The number of carbonyl (C=O) groups excluding carboxylic acids is 1. The number of anilines is 1. The van der Waals surface area contributed by atoms with Gasteiger partial charge < -0.3 is 15.4 Å².